The second-order valence-corrected chi connectivity index (χ2v) is 3.48. The largest absolute Gasteiger partial charge is 0.463 e. The summed E-state index contributed by atoms with van der Waals surface area (Å²) in [5.41, 5.74) is 0.893. The van der Waals surface area contributed by atoms with Crippen molar-refractivity contribution in [2.75, 3.05) is 0 Å². The highest BCUT2D eigenvalue weighted by Crippen LogP contribution is 2.15. The average Bonchev–Trinajstić information content (AvgIpc) is 2.75. The average molecular weight is 229 g/mol. The van der Waals surface area contributed by atoms with Gasteiger partial charge in [0.25, 0.3) is 5.56 Å². The van der Waals surface area contributed by atoms with Crippen molar-refractivity contribution >= 4 is 11.1 Å². The van der Waals surface area contributed by atoms with E-state index in [-0.39, 0.29) is 0 Å². The summed E-state index contributed by atoms with van der Waals surface area (Å²) < 4.78 is 6.48. The lowest BCUT2D eigenvalue weighted by molar-refractivity contribution is 0.615. The summed E-state index contributed by atoms with van der Waals surface area (Å²) in [6.07, 6.45) is 4.46. The van der Waals surface area contributed by atoms with E-state index in [1.54, 1.807) is 12.1 Å². The van der Waals surface area contributed by atoms with E-state index in [9.17, 15) is 9.59 Å². The highest BCUT2D eigenvalue weighted by Gasteiger charge is 2.04. The van der Waals surface area contributed by atoms with Gasteiger partial charge in [-0.2, -0.15) is 0 Å². The number of nitrogens with one attached hydrogen (secondary N) is 1. The van der Waals surface area contributed by atoms with Crippen LogP contribution in [0.4, 0.5) is 0 Å². The topological polar surface area (TPSA) is 80.9 Å². The fraction of sp³-hybridized carbons (Fsp3) is 0. The summed E-state index contributed by atoms with van der Waals surface area (Å²) in [4.78, 5) is 28.8. The number of aromatic nitrogens is 3. The van der Waals surface area contributed by atoms with Gasteiger partial charge in [-0.1, -0.05) is 0 Å². The second-order valence-electron chi connectivity index (χ2n) is 3.48. The van der Waals surface area contributed by atoms with E-state index in [0.717, 1.165) is 0 Å². The van der Waals surface area contributed by atoms with Crippen molar-refractivity contribution in [3.05, 3.63) is 57.7 Å². The predicted molar refractivity (Wildman–Crippen MR) is 60.2 cm³/mol. The molecular formula is C11H7N3O3. The molecule has 0 spiro atoms. The molecule has 0 aliphatic heterocycles. The Kier molecular flexibility index (Phi) is 1.94. The number of pyridine rings is 1. The molecule has 6 nitrogen and oxygen atoms in total. The van der Waals surface area contributed by atoms with Crippen LogP contribution in [0.3, 0.4) is 0 Å². The molecule has 0 aliphatic carbocycles. The van der Waals surface area contributed by atoms with Crippen molar-refractivity contribution in [3.8, 4) is 5.69 Å². The standard InChI is InChI=1S/C11H7N3O3/c15-10-1-3-14(11(16)13-10)7-5-9-8(12-6-7)2-4-17-9/h1-6H,(H,13,15,16). The number of aromatic amines is 1. The van der Waals surface area contributed by atoms with Crippen molar-refractivity contribution in [3.63, 3.8) is 0 Å². The van der Waals surface area contributed by atoms with E-state index >= 15 is 0 Å². The Bertz CT molecular complexity index is 797. The van der Waals surface area contributed by atoms with Crippen molar-refractivity contribution in [2.24, 2.45) is 0 Å². The van der Waals surface area contributed by atoms with Gasteiger partial charge in [-0.05, 0) is 0 Å². The summed E-state index contributed by atoms with van der Waals surface area (Å²) in [5.74, 6) is 0. The molecule has 0 aromatic carbocycles. The van der Waals surface area contributed by atoms with Gasteiger partial charge in [0.15, 0.2) is 5.58 Å². The van der Waals surface area contributed by atoms with Gasteiger partial charge in [0, 0.05) is 24.4 Å². The SMILES string of the molecule is O=c1ccn(-c2cnc3ccoc3c2)c(=O)[nH]1. The third-order valence-electron chi connectivity index (χ3n) is 2.39. The summed E-state index contributed by atoms with van der Waals surface area (Å²) >= 11 is 0. The summed E-state index contributed by atoms with van der Waals surface area (Å²) in [6.45, 7) is 0. The lowest BCUT2D eigenvalue weighted by Crippen LogP contribution is -2.27. The number of nitrogens with zero attached hydrogens (tertiary/aromatic N) is 2. The Morgan fingerprint density at radius 3 is 3.00 bits per heavy atom. The number of fused-ring (bicyclic) bond motifs is 1. The lowest BCUT2D eigenvalue weighted by atomic mass is 10.3. The molecule has 0 saturated heterocycles. The molecular weight excluding hydrogens is 222 g/mol. The fourth-order valence-corrected chi connectivity index (χ4v) is 1.59. The van der Waals surface area contributed by atoms with E-state index in [0.29, 0.717) is 16.8 Å². The van der Waals surface area contributed by atoms with Crippen molar-refractivity contribution in [2.45, 2.75) is 0 Å². The summed E-state index contributed by atoms with van der Waals surface area (Å²) in [5, 5.41) is 0. The van der Waals surface area contributed by atoms with Gasteiger partial charge in [-0.3, -0.25) is 19.3 Å². The molecule has 0 amide bonds. The molecule has 3 aromatic rings. The van der Waals surface area contributed by atoms with Gasteiger partial charge in [0.05, 0.1) is 18.1 Å². The second kappa shape index (κ2) is 3.44. The van der Waals surface area contributed by atoms with Crippen LogP contribution in [0.5, 0.6) is 0 Å². The smallest absolute Gasteiger partial charge is 0.332 e. The van der Waals surface area contributed by atoms with E-state index in [4.69, 9.17) is 4.42 Å². The minimum absolute atomic E-state index is 0.432. The normalized spacial score (nSPS) is 10.8. The molecule has 0 bridgehead atoms. The Morgan fingerprint density at radius 2 is 2.18 bits per heavy atom. The first-order chi connectivity index (χ1) is 8.24. The van der Waals surface area contributed by atoms with Gasteiger partial charge >= 0.3 is 5.69 Å². The number of hydrogen-bond donors (Lipinski definition) is 1. The van der Waals surface area contributed by atoms with Gasteiger partial charge in [0.2, 0.25) is 0 Å². The molecule has 84 valence electrons. The van der Waals surface area contributed by atoms with Crippen LogP contribution in [0.15, 0.2) is 50.9 Å². The van der Waals surface area contributed by atoms with Crippen LogP contribution in [0.2, 0.25) is 0 Å². The maximum Gasteiger partial charge on any atom is 0.332 e. The molecule has 3 aromatic heterocycles. The van der Waals surface area contributed by atoms with Gasteiger partial charge in [-0.15, -0.1) is 0 Å². The third kappa shape index (κ3) is 1.55. The van der Waals surface area contributed by atoms with Crippen molar-refractivity contribution in [1.29, 1.82) is 0 Å². The molecule has 3 heterocycles. The highest BCUT2D eigenvalue weighted by atomic mass is 16.3. The third-order valence-corrected chi connectivity index (χ3v) is 2.39. The zero-order valence-electron chi connectivity index (χ0n) is 8.58. The Labute approximate surface area is 94.2 Å². The molecule has 17 heavy (non-hydrogen) atoms. The zero-order valence-corrected chi connectivity index (χ0v) is 8.58. The van der Waals surface area contributed by atoms with E-state index in [1.807, 2.05) is 0 Å². The van der Waals surface area contributed by atoms with Gasteiger partial charge < -0.3 is 4.42 Å². The van der Waals surface area contributed by atoms with Crippen LogP contribution in [0.25, 0.3) is 16.8 Å². The van der Waals surface area contributed by atoms with Crippen LogP contribution in [-0.2, 0) is 0 Å². The monoisotopic (exact) mass is 229 g/mol. The molecule has 0 atom stereocenters. The molecule has 6 heteroatoms. The van der Waals surface area contributed by atoms with Crippen LogP contribution in [0, 0.1) is 0 Å². The molecule has 0 fully saturated rings. The van der Waals surface area contributed by atoms with Crippen molar-refractivity contribution in [1.82, 2.24) is 14.5 Å². The first-order valence-corrected chi connectivity index (χ1v) is 4.90. The Balaban J connectivity index is 2.26. The fourth-order valence-electron chi connectivity index (χ4n) is 1.59. The Hall–Kier alpha value is -2.63. The predicted octanol–water partition coefficient (Wildman–Crippen LogP) is 0.667. The molecule has 0 saturated carbocycles. The minimum atomic E-state index is -0.509. The molecule has 1 N–H and O–H groups in total. The van der Waals surface area contributed by atoms with Crippen molar-refractivity contribution < 1.29 is 4.42 Å². The molecule has 3 rings (SSSR count). The highest BCUT2D eigenvalue weighted by molar-refractivity contribution is 5.74. The zero-order chi connectivity index (χ0) is 11.8. The number of hydrogen-bond acceptors (Lipinski definition) is 4. The Morgan fingerprint density at radius 1 is 1.29 bits per heavy atom. The van der Waals surface area contributed by atoms with Crippen LogP contribution >= 0.6 is 0 Å². The summed E-state index contributed by atoms with van der Waals surface area (Å²) in [7, 11) is 0. The quantitative estimate of drug-likeness (QED) is 0.664. The number of H-pyrrole nitrogens is 1. The maximum absolute atomic E-state index is 11.6. The van der Waals surface area contributed by atoms with E-state index in [2.05, 4.69) is 9.97 Å². The molecule has 0 radical (unpaired) electrons. The van der Waals surface area contributed by atoms with Crippen LogP contribution in [0.1, 0.15) is 0 Å². The maximum atomic E-state index is 11.6. The number of rotatable bonds is 1. The molecule has 0 aliphatic rings. The van der Waals surface area contributed by atoms with E-state index in [1.165, 1.54) is 29.3 Å². The van der Waals surface area contributed by atoms with Gasteiger partial charge in [0.1, 0.15) is 5.52 Å². The van der Waals surface area contributed by atoms with Crippen LogP contribution in [-0.4, -0.2) is 14.5 Å². The number of furan rings is 1. The summed E-state index contributed by atoms with van der Waals surface area (Å²) in [6, 6.07) is 4.69. The van der Waals surface area contributed by atoms with Gasteiger partial charge in [-0.25, -0.2) is 4.79 Å². The first-order valence-electron chi connectivity index (χ1n) is 4.90. The molecule has 0 unspecified atom stereocenters. The lowest BCUT2D eigenvalue weighted by Gasteiger charge is -2.02. The minimum Gasteiger partial charge on any atom is -0.463 e. The van der Waals surface area contributed by atoms with Crippen LogP contribution < -0.4 is 11.2 Å². The first kappa shape index (κ1) is 9.59. The van der Waals surface area contributed by atoms with E-state index < -0.39 is 11.2 Å².